The summed E-state index contributed by atoms with van der Waals surface area (Å²) in [5, 5.41) is 59.4. The van der Waals surface area contributed by atoms with Crippen LogP contribution in [-0.4, -0.2) is 9.97 Å². The van der Waals surface area contributed by atoms with Crippen molar-refractivity contribution in [3.05, 3.63) is 103 Å². The molecule has 0 bridgehead atoms. The smallest absolute Gasteiger partial charge is 0.239 e. The van der Waals surface area contributed by atoms with Crippen LogP contribution in [0.25, 0.3) is 33.4 Å². The SMILES string of the molecule is N#CC(C#N)=C1C(c2cc(C(F)(F)F)nc(C(F)(F)F)c2)=C(C#N)c2c(F)c3c(c(F)c21)C(C#N)=C(c1cc(C(F)(F)F)nc(C(F)(F)F)c1)C3=C(C#N)C#N. The molecular weight excluding hydrogens is 786 g/mol. The van der Waals surface area contributed by atoms with Crippen molar-refractivity contribution in [3.63, 3.8) is 0 Å². The molecular formula is C34H4F14N8. The Morgan fingerprint density at radius 2 is 0.679 bits per heavy atom. The van der Waals surface area contributed by atoms with Gasteiger partial charge >= 0.3 is 24.7 Å². The zero-order valence-corrected chi connectivity index (χ0v) is 26.2. The van der Waals surface area contributed by atoms with Gasteiger partial charge in [0.2, 0.25) is 0 Å². The number of nitrogens with zero attached hydrogens (tertiary/aromatic N) is 8. The van der Waals surface area contributed by atoms with E-state index in [0.29, 0.717) is 0 Å². The maximum absolute atomic E-state index is 17.1. The first kappa shape index (κ1) is 39.6. The van der Waals surface area contributed by atoms with E-state index in [0.717, 1.165) is 24.3 Å². The summed E-state index contributed by atoms with van der Waals surface area (Å²) in [5.74, 6) is -4.14. The Hall–Kier alpha value is -7.56. The molecule has 2 aliphatic rings. The fourth-order valence-corrected chi connectivity index (χ4v) is 5.88. The van der Waals surface area contributed by atoms with E-state index in [1.165, 1.54) is 12.1 Å². The number of hydrogen-bond donors (Lipinski definition) is 0. The number of hydrogen-bond acceptors (Lipinski definition) is 8. The van der Waals surface area contributed by atoms with Gasteiger partial charge in [0.15, 0.2) is 0 Å². The van der Waals surface area contributed by atoms with Gasteiger partial charge in [-0.1, -0.05) is 0 Å². The van der Waals surface area contributed by atoms with Gasteiger partial charge in [-0.3, -0.25) is 0 Å². The molecule has 278 valence electrons. The number of fused-ring (bicyclic) bond motifs is 2. The van der Waals surface area contributed by atoms with E-state index in [2.05, 4.69) is 9.97 Å². The van der Waals surface area contributed by atoms with Crippen LogP contribution < -0.4 is 0 Å². The molecule has 2 heterocycles. The molecule has 0 aliphatic heterocycles. The lowest BCUT2D eigenvalue weighted by atomic mass is 9.88. The molecule has 0 radical (unpaired) electrons. The van der Waals surface area contributed by atoms with Crippen molar-refractivity contribution in [1.82, 2.24) is 9.97 Å². The van der Waals surface area contributed by atoms with Crippen LogP contribution in [0.15, 0.2) is 35.4 Å². The van der Waals surface area contributed by atoms with Gasteiger partial charge in [-0.25, -0.2) is 18.7 Å². The molecule has 2 aliphatic carbocycles. The Kier molecular flexibility index (Phi) is 9.26. The van der Waals surface area contributed by atoms with Gasteiger partial charge < -0.3 is 0 Å². The molecule has 0 fully saturated rings. The number of pyridine rings is 2. The Labute approximate surface area is 300 Å². The Balaban J connectivity index is 2.05. The van der Waals surface area contributed by atoms with Gasteiger partial charge in [0.05, 0.1) is 11.1 Å². The van der Waals surface area contributed by atoms with Crippen molar-refractivity contribution < 1.29 is 61.5 Å². The third-order valence-corrected chi connectivity index (χ3v) is 7.94. The Bertz CT molecular complexity index is 2430. The van der Waals surface area contributed by atoms with Crippen LogP contribution in [0, 0.1) is 79.6 Å². The van der Waals surface area contributed by atoms with Gasteiger partial charge in [-0.15, -0.1) is 0 Å². The van der Waals surface area contributed by atoms with Gasteiger partial charge in [0.1, 0.15) is 82.0 Å². The second-order valence-corrected chi connectivity index (χ2v) is 11.0. The minimum atomic E-state index is -5.66. The number of benzene rings is 1. The van der Waals surface area contributed by atoms with Crippen molar-refractivity contribution in [2.45, 2.75) is 24.7 Å². The van der Waals surface area contributed by atoms with Crippen LogP contribution in [0.4, 0.5) is 61.5 Å². The van der Waals surface area contributed by atoms with Gasteiger partial charge in [-0.2, -0.15) is 84.3 Å². The molecule has 0 N–H and O–H groups in total. The molecule has 22 heteroatoms. The topological polar surface area (TPSA) is 169 Å². The van der Waals surface area contributed by atoms with Gasteiger partial charge in [-0.05, 0) is 35.4 Å². The van der Waals surface area contributed by atoms with Gasteiger partial charge in [0.25, 0.3) is 0 Å². The highest BCUT2D eigenvalue weighted by Crippen LogP contribution is 2.58. The monoisotopic (exact) mass is 790 g/mol. The molecule has 2 aromatic heterocycles. The van der Waals surface area contributed by atoms with Crippen molar-refractivity contribution in [3.8, 4) is 36.4 Å². The number of allylic oxidation sites excluding steroid dienone is 8. The normalized spacial score (nSPS) is 13.9. The standard InChI is InChI=1S/C34H4F14N8/c35-29-25-15(9-53)21(11-1-17(31(37,38)39)55-18(2-11)32(40,41)42)23(13(5-49)6-50)27(25)30(36)26-16(10-54)22(24(28(26)29)14(7-51)8-52)12-3-19(33(43,44)45)56-20(4-12)34(46,47)48/h1-4H. The van der Waals surface area contributed by atoms with E-state index in [-0.39, 0.29) is 24.3 Å². The van der Waals surface area contributed by atoms with E-state index < -0.39 is 137 Å². The first-order chi connectivity index (χ1) is 25.9. The third kappa shape index (κ3) is 6.19. The highest BCUT2D eigenvalue weighted by atomic mass is 19.4. The second kappa shape index (κ2) is 13.1. The molecule has 0 saturated heterocycles. The predicted octanol–water partition coefficient (Wildman–Crippen LogP) is 9.33. The number of alkyl halides is 12. The number of aromatic nitrogens is 2. The fraction of sp³-hybridized carbons (Fsp3) is 0.118. The van der Waals surface area contributed by atoms with Gasteiger partial charge in [0, 0.05) is 44.5 Å². The summed E-state index contributed by atoms with van der Waals surface area (Å²) in [5.41, 5.74) is -28.5. The fourth-order valence-electron chi connectivity index (χ4n) is 5.88. The van der Waals surface area contributed by atoms with Crippen LogP contribution in [0.5, 0.6) is 0 Å². The largest absolute Gasteiger partial charge is 0.433 e. The molecule has 0 amide bonds. The molecule has 0 saturated carbocycles. The number of nitriles is 6. The first-order valence-corrected chi connectivity index (χ1v) is 14.2. The van der Waals surface area contributed by atoms with Crippen molar-refractivity contribution in [1.29, 1.82) is 31.6 Å². The van der Waals surface area contributed by atoms with Crippen molar-refractivity contribution in [2.75, 3.05) is 0 Å². The predicted molar refractivity (Wildman–Crippen MR) is 156 cm³/mol. The summed E-state index contributed by atoms with van der Waals surface area (Å²) < 4.78 is 200. The zero-order valence-electron chi connectivity index (χ0n) is 26.2. The average Bonchev–Trinajstić information content (AvgIpc) is 3.64. The first-order valence-electron chi connectivity index (χ1n) is 14.2. The summed E-state index contributed by atoms with van der Waals surface area (Å²) >= 11 is 0. The molecule has 0 atom stereocenters. The lowest BCUT2D eigenvalue weighted by molar-refractivity contribution is -0.151. The van der Waals surface area contributed by atoms with E-state index in [9.17, 15) is 84.3 Å². The van der Waals surface area contributed by atoms with Crippen LogP contribution in [0.1, 0.15) is 56.2 Å². The molecule has 1 aromatic carbocycles. The summed E-state index contributed by atoms with van der Waals surface area (Å²) in [6, 6.07) is 6.58. The number of rotatable bonds is 2. The highest BCUT2D eigenvalue weighted by molar-refractivity contribution is 6.30. The lowest BCUT2D eigenvalue weighted by Crippen LogP contribution is -2.16. The zero-order chi connectivity index (χ0) is 42.0. The summed E-state index contributed by atoms with van der Waals surface area (Å²) in [4.78, 5) is 4.98. The summed E-state index contributed by atoms with van der Waals surface area (Å²) in [6.45, 7) is 0. The third-order valence-electron chi connectivity index (χ3n) is 7.94. The minimum Gasteiger partial charge on any atom is -0.239 e. The van der Waals surface area contributed by atoms with Crippen LogP contribution in [0.3, 0.4) is 0 Å². The van der Waals surface area contributed by atoms with Crippen LogP contribution >= 0.6 is 0 Å². The maximum atomic E-state index is 17.1. The van der Waals surface area contributed by atoms with E-state index >= 15 is 8.78 Å². The molecule has 3 aromatic rings. The van der Waals surface area contributed by atoms with Crippen molar-refractivity contribution in [2.24, 2.45) is 0 Å². The summed E-state index contributed by atoms with van der Waals surface area (Å²) in [6.07, 6.45) is -22.7. The quantitative estimate of drug-likeness (QED) is 0.183. The van der Waals surface area contributed by atoms with Crippen LogP contribution in [-0.2, 0) is 24.7 Å². The highest BCUT2D eigenvalue weighted by Gasteiger charge is 2.47. The van der Waals surface area contributed by atoms with E-state index in [4.69, 9.17) is 0 Å². The molecule has 56 heavy (non-hydrogen) atoms. The second-order valence-electron chi connectivity index (χ2n) is 11.0. The molecule has 5 rings (SSSR count). The van der Waals surface area contributed by atoms with Crippen molar-refractivity contribution >= 4 is 33.4 Å². The van der Waals surface area contributed by atoms with Crippen LogP contribution in [0.2, 0.25) is 0 Å². The van der Waals surface area contributed by atoms with E-state index in [1.54, 1.807) is 0 Å². The average molecular weight is 790 g/mol. The van der Waals surface area contributed by atoms with E-state index in [1.807, 2.05) is 0 Å². The minimum absolute atomic E-state index is 0.128. The number of halogens is 14. The summed E-state index contributed by atoms with van der Waals surface area (Å²) in [7, 11) is 0. The Morgan fingerprint density at radius 1 is 0.429 bits per heavy atom. The molecule has 0 spiro atoms. The maximum Gasteiger partial charge on any atom is 0.433 e. The molecule has 0 unspecified atom stereocenters. The Morgan fingerprint density at radius 3 is 0.875 bits per heavy atom. The molecule has 8 nitrogen and oxygen atoms in total. The lowest BCUT2D eigenvalue weighted by Gasteiger charge is -2.16.